The van der Waals surface area contributed by atoms with Gasteiger partial charge in [0.2, 0.25) is 0 Å². The van der Waals surface area contributed by atoms with Crippen LogP contribution >= 0.6 is 11.6 Å². The zero-order valence-corrected chi connectivity index (χ0v) is 14.1. The average Bonchev–Trinajstić information content (AvgIpc) is 2.56. The van der Waals surface area contributed by atoms with Gasteiger partial charge in [-0.05, 0) is 26.0 Å². The van der Waals surface area contributed by atoms with Gasteiger partial charge in [0, 0.05) is 26.2 Å². The van der Waals surface area contributed by atoms with Gasteiger partial charge in [-0.2, -0.15) is 0 Å². The number of nitrogens with zero attached hydrogens (tertiary/aromatic N) is 2. The van der Waals surface area contributed by atoms with Crippen LogP contribution in [0.25, 0.3) is 0 Å². The molecule has 0 bridgehead atoms. The molecule has 0 saturated carbocycles. The molecule has 7 heteroatoms. The number of hydrogen-bond donors (Lipinski definition) is 0. The van der Waals surface area contributed by atoms with Crippen molar-refractivity contribution in [3.8, 4) is 5.75 Å². The molecule has 2 amide bonds. The molecule has 1 aromatic rings. The lowest BCUT2D eigenvalue weighted by Gasteiger charge is -2.35. The van der Waals surface area contributed by atoms with Crippen LogP contribution in [0.4, 0.5) is 4.79 Å². The number of para-hydroxylation sites is 1. The first kappa shape index (κ1) is 17.4. The van der Waals surface area contributed by atoms with Gasteiger partial charge in [-0.25, -0.2) is 4.79 Å². The van der Waals surface area contributed by atoms with Crippen LogP contribution in [-0.2, 0) is 9.53 Å². The maximum absolute atomic E-state index is 12.4. The molecular formula is C16H21ClN2O4. The van der Waals surface area contributed by atoms with Crippen molar-refractivity contribution in [2.75, 3.05) is 32.8 Å². The molecule has 0 aromatic heterocycles. The first-order chi connectivity index (χ1) is 11.0. The van der Waals surface area contributed by atoms with Crippen molar-refractivity contribution >= 4 is 23.6 Å². The van der Waals surface area contributed by atoms with Crippen LogP contribution in [0, 0.1) is 0 Å². The Kier molecular flexibility index (Phi) is 6.10. The first-order valence-electron chi connectivity index (χ1n) is 7.64. The van der Waals surface area contributed by atoms with Crippen molar-refractivity contribution in [3.63, 3.8) is 0 Å². The fourth-order valence-corrected chi connectivity index (χ4v) is 2.54. The summed E-state index contributed by atoms with van der Waals surface area (Å²) in [4.78, 5) is 27.4. The maximum Gasteiger partial charge on any atom is 0.409 e. The van der Waals surface area contributed by atoms with Gasteiger partial charge in [0.15, 0.2) is 6.10 Å². The minimum atomic E-state index is -0.635. The summed E-state index contributed by atoms with van der Waals surface area (Å²) < 4.78 is 10.6. The second kappa shape index (κ2) is 8.06. The van der Waals surface area contributed by atoms with Crippen LogP contribution in [0.15, 0.2) is 24.3 Å². The van der Waals surface area contributed by atoms with Crippen molar-refractivity contribution in [3.05, 3.63) is 29.3 Å². The Morgan fingerprint density at radius 3 is 2.39 bits per heavy atom. The lowest BCUT2D eigenvalue weighted by Crippen LogP contribution is -2.53. The van der Waals surface area contributed by atoms with Gasteiger partial charge in [-0.3, -0.25) is 4.79 Å². The summed E-state index contributed by atoms with van der Waals surface area (Å²) in [5.41, 5.74) is 0. The second-order valence-corrected chi connectivity index (χ2v) is 5.61. The molecule has 1 heterocycles. The number of piperazine rings is 1. The molecular weight excluding hydrogens is 320 g/mol. The normalized spacial score (nSPS) is 16.0. The molecule has 6 nitrogen and oxygen atoms in total. The van der Waals surface area contributed by atoms with Crippen molar-refractivity contribution in [1.29, 1.82) is 0 Å². The Bertz CT molecular complexity index is 559. The molecule has 0 spiro atoms. The first-order valence-corrected chi connectivity index (χ1v) is 8.02. The van der Waals surface area contributed by atoms with Gasteiger partial charge in [-0.15, -0.1) is 0 Å². The van der Waals surface area contributed by atoms with Gasteiger partial charge in [-0.1, -0.05) is 23.7 Å². The van der Waals surface area contributed by atoms with E-state index >= 15 is 0 Å². The zero-order valence-electron chi connectivity index (χ0n) is 13.3. The summed E-state index contributed by atoms with van der Waals surface area (Å²) in [7, 11) is 0. The van der Waals surface area contributed by atoms with E-state index in [2.05, 4.69) is 0 Å². The molecule has 1 atom stereocenters. The van der Waals surface area contributed by atoms with Gasteiger partial charge in [0.25, 0.3) is 5.91 Å². The predicted octanol–water partition coefficient (Wildman–Crippen LogP) is 2.41. The van der Waals surface area contributed by atoms with E-state index in [1.54, 1.807) is 47.9 Å². The molecule has 0 radical (unpaired) electrons. The van der Waals surface area contributed by atoms with Crippen molar-refractivity contribution in [2.24, 2.45) is 0 Å². The van der Waals surface area contributed by atoms with E-state index in [9.17, 15) is 9.59 Å². The number of amides is 2. The van der Waals surface area contributed by atoms with Gasteiger partial charge >= 0.3 is 6.09 Å². The standard InChI is InChI=1S/C16H21ClN2O4/c1-3-22-16(21)19-10-8-18(9-11-19)15(20)12(2)23-14-7-5-4-6-13(14)17/h4-7,12H,3,8-11H2,1-2H3/t12-/m1/s1. The Labute approximate surface area is 140 Å². The minimum absolute atomic E-state index is 0.117. The number of halogens is 1. The fraction of sp³-hybridized carbons (Fsp3) is 0.500. The van der Waals surface area contributed by atoms with Crippen molar-refractivity contribution in [2.45, 2.75) is 20.0 Å². The van der Waals surface area contributed by atoms with Crippen LogP contribution < -0.4 is 4.74 Å². The van der Waals surface area contributed by atoms with E-state index in [-0.39, 0.29) is 12.0 Å². The number of carbonyl (C=O) groups excluding carboxylic acids is 2. The molecule has 0 unspecified atom stereocenters. The van der Waals surface area contributed by atoms with E-state index in [0.717, 1.165) is 0 Å². The van der Waals surface area contributed by atoms with Gasteiger partial charge in [0.1, 0.15) is 5.75 Å². The maximum atomic E-state index is 12.4. The van der Waals surface area contributed by atoms with Crippen LogP contribution in [0.5, 0.6) is 5.75 Å². The molecule has 1 fully saturated rings. The van der Waals surface area contributed by atoms with Crippen molar-refractivity contribution in [1.82, 2.24) is 9.80 Å². The van der Waals surface area contributed by atoms with E-state index in [4.69, 9.17) is 21.1 Å². The zero-order chi connectivity index (χ0) is 16.8. The number of hydrogen-bond acceptors (Lipinski definition) is 4. The van der Waals surface area contributed by atoms with Crippen LogP contribution in [0.3, 0.4) is 0 Å². The monoisotopic (exact) mass is 340 g/mol. The highest BCUT2D eigenvalue weighted by Gasteiger charge is 2.28. The molecule has 1 aromatic carbocycles. The molecule has 2 rings (SSSR count). The van der Waals surface area contributed by atoms with Crippen LogP contribution in [0.1, 0.15) is 13.8 Å². The summed E-state index contributed by atoms with van der Waals surface area (Å²) in [5, 5.41) is 0.472. The summed E-state index contributed by atoms with van der Waals surface area (Å²) in [6.45, 7) is 5.67. The van der Waals surface area contributed by atoms with Crippen molar-refractivity contribution < 1.29 is 19.1 Å². The minimum Gasteiger partial charge on any atom is -0.479 e. The third-order valence-electron chi connectivity index (χ3n) is 3.61. The summed E-state index contributed by atoms with van der Waals surface area (Å²) in [6.07, 6.45) is -0.969. The topological polar surface area (TPSA) is 59.1 Å². The summed E-state index contributed by atoms with van der Waals surface area (Å²) in [6, 6.07) is 7.05. The molecule has 0 N–H and O–H groups in total. The smallest absolute Gasteiger partial charge is 0.409 e. The summed E-state index contributed by atoms with van der Waals surface area (Å²) >= 11 is 6.03. The average molecular weight is 341 g/mol. The third-order valence-corrected chi connectivity index (χ3v) is 3.92. The largest absolute Gasteiger partial charge is 0.479 e. The Morgan fingerprint density at radius 1 is 1.17 bits per heavy atom. The highest BCUT2D eigenvalue weighted by Crippen LogP contribution is 2.24. The van der Waals surface area contributed by atoms with E-state index in [1.807, 2.05) is 0 Å². The highest BCUT2D eigenvalue weighted by molar-refractivity contribution is 6.32. The molecule has 1 saturated heterocycles. The highest BCUT2D eigenvalue weighted by atomic mass is 35.5. The number of benzene rings is 1. The Balaban J connectivity index is 1.87. The second-order valence-electron chi connectivity index (χ2n) is 5.20. The number of ether oxygens (including phenoxy) is 2. The Hall–Kier alpha value is -1.95. The molecule has 126 valence electrons. The van der Waals surface area contributed by atoms with E-state index in [1.165, 1.54) is 0 Å². The van der Waals surface area contributed by atoms with E-state index in [0.29, 0.717) is 43.6 Å². The quantitative estimate of drug-likeness (QED) is 0.844. The molecule has 0 aliphatic carbocycles. The third kappa shape index (κ3) is 4.51. The molecule has 23 heavy (non-hydrogen) atoms. The predicted molar refractivity (Wildman–Crippen MR) is 86.7 cm³/mol. The summed E-state index contributed by atoms with van der Waals surface area (Å²) in [5.74, 6) is 0.369. The fourth-order valence-electron chi connectivity index (χ4n) is 2.36. The van der Waals surface area contributed by atoms with Crippen LogP contribution in [-0.4, -0.2) is 60.7 Å². The number of rotatable bonds is 4. The molecule has 1 aliphatic rings. The van der Waals surface area contributed by atoms with Gasteiger partial charge in [0.05, 0.1) is 11.6 Å². The lowest BCUT2D eigenvalue weighted by atomic mass is 10.2. The SMILES string of the molecule is CCOC(=O)N1CCN(C(=O)[C@@H](C)Oc2ccccc2Cl)CC1. The number of carbonyl (C=O) groups is 2. The molecule has 1 aliphatic heterocycles. The van der Waals surface area contributed by atoms with Crippen LogP contribution in [0.2, 0.25) is 5.02 Å². The van der Waals surface area contributed by atoms with Gasteiger partial charge < -0.3 is 19.3 Å². The van der Waals surface area contributed by atoms with E-state index < -0.39 is 6.10 Å². The lowest BCUT2D eigenvalue weighted by molar-refractivity contribution is -0.139. The Morgan fingerprint density at radius 2 is 1.78 bits per heavy atom.